The maximum Gasteiger partial charge on any atom is 0.0624 e. The lowest BCUT2D eigenvalue weighted by atomic mass is 9.78. The van der Waals surface area contributed by atoms with Gasteiger partial charge in [0.2, 0.25) is 0 Å². The summed E-state index contributed by atoms with van der Waals surface area (Å²) in [4.78, 5) is 2.49. The lowest BCUT2D eigenvalue weighted by molar-refractivity contribution is 1.19. The van der Waals surface area contributed by atoms with Crippen LogP contribution in [0.3, 0.4) is 0 Å². The molecule has 0 amide bonds. The van der Waals surface area contributed by atoms with Crippen molar-refractivity contribution in [3.05, 3.63) is 218 Å². The monoisotopic (exact) mass is 774 g/mol. The highest BCUT2D eigenvalue weighted by molar-refractivity contribution is 6.23. The van der Waals surface area contributed by atoms with Crippen LogP contribution in [0.1, 0.15) is 5.56 Å². The van der Waals surface area contributed by atoms with E-state index in [4.69, 9.17) is 0 Å². The molecule has 0 atom stereocenters. The Morgan fingerprint density at radius 2 is 0.820 bits per heavy atom. The smallest absolute Gasteiger partial charge is 0.0624 e. The van der Waals surface area contributed by atoms with E-state index in [1.54, 1.807) is 0 Å². The van der Waals surface area contributed by atoms with Gasteiger partial charge in [-0.05, 0) is 145 Å². The summed E-state index contributed by atoms with van der Waals surface area (Å²) >= 11 is 0. The first-order valence-electron chi connectivity index (χ1n) is 21.2. The summed E-state index contributed by atoms with van der Waals surface area (Å²) in [5.74, 6) is 0. The Morgan fingerprint density at radius 3 is 1.46 bits per heavy atom. The minimum absolute atomic E-state index is 1.13. The first-order chi connectivity index (χ1) is 30.2. The highest BCUT2D eigenvalue weighted by atomic mass is 15.1. The summed E-state index contributed by atoms with van der Waals surface area (Å²) in [6.45, 7) is 2.16. The SMILES string of the molecule is Cc1ccc(N(c2ccc3cc4c(cc3c2)-c2cc3ccc(-n5c6ccccc6c6ccccc65)cc3cc2-4)c2c(-c3ccccc3)c3ccccc3c3ccccc23)cc1. The molecule has 2 nitrogen and oxygen atoms in total. The van der Waals surface area contributed by atoms with Gasteiger partial charge in [-0.2, -0.15) is 0 Å². The summed E-state index contributed by atoms with van der Waals surface area (Å²) in [7, 11) is 0. The molecule has 0 radical (unpaired) electrons. The third-order valence-electron chi connectivity index (χ3n) is 13.1. The fourth-order valence-corrected chi connectivity index (χ4v) is 10.2. The molecule has 12 aromatic rings. The highest BCUT2D eigenvalue weighted by Gasteiger charge is 2.27. The molecule has 1 aliphatic rings. The van der Waals surface area contributed by atoms with Gasteiger partial charge in [-0.15, -0.1) is 0 Å². The Morgan fingerprint density at radius 1 is 0.344 bits per heavy atom. The summed E-state index contributed by atoms with van der Waals surface area (Å²) in [6, 6.07) is 78.7. The van der Waals surface area contributed by atoms with E-state index in [-0.39, 0.29) is 0 Å². The zero-order chi connectivity index (χ0) is 40.2. The van der Waals surface area contributed by atoms with Crippen molar-refractivity contribution in [3.8, 4) is 39.1 Å². The number of aryl methyl sites for hydroxylation is 1. The van der Waals surface area contributed by atoms with Gasteiger partial charge in [0.1, 0.15) is 0 Å². The molecule has 0 saturated heterocycles. The highest BCUT2D eigenvalue weighted by Crippen LogP contribution is 2.53. The van der Waals surface area contributed by atoms with Crippen LogP contribution in [0.4, 0.5) is 17.1 Å². The Labute approximate surface area is 353 Å². The number of para-hydroxylation sites is 2. The number of rotatable bonds is 5. The van der Waals surface area contributed by atoms with Crippen molar-refractivity contribution in [1.82, 2.24) is 4.57 Å². The van der Waals surface area contributed by atoms with Crippen LogP contribution in [0.15, 0.2) is 212 Å². The summed E-state index contributed by atoms with van der Waals surface area (Å²) in [5, 5.41) is 12.5. The average Bonchev–Trinajstić information content (AvgIpc) is 3.65. The van der Waals surface area contributed by atoms with Crippen LogP contribution in [-0.2, 0) is 0 Å². The van der Waals surface area contributed by atoms with E-state index in [0.29, 0.717) is 0 Å². The molecule has 0 bridgehead atoms. The molecule has 1 heterocycles. The first kappa shape index (κ1) is 34.0. The van der Waals surface area contributed by atoms with E-state index in [2.05, 4.69) is 229 Å². The molecule has 13 rings (SSSR count). The first-order valence-corrected chi connectivity index (χ1v) is 21.2. The van der Waals surface area contributed by atoms with Gasteiger partial charge in [0.05, 0.1) is 16.7 Å². The minimum atomic E-state index is 1.13. The number of nitrogens with zero attached hydrogens (tertiary/aromatic N) is 2. The number of fused-ring (bicyclic) bond motifs is 12. The number of hydrogen-bond donors (Lipinski definition) is 0. The van der Waals surface area contributed by atoms with Crippen LogP contribution in [0.5, 0.6) is 0 Å². The van der Waals surface area contributed by atoms with Crippen molar-refractivity contribution < 1.29 is 0 Å². The topological polar surface area (TPSA) is 8.17 Å². The standard InChI is InChI=1S/C59H38N2/c1-37-23-27-43(28-24-37)60(59-51-20-8-6-16-47(51)46-15-5-7-19-50(46)58(59)38-13-3-2-4-14-38)44-29-25-39-33-52-54(35-41(39)31-44)53-34-40-26-30-45(32-42(40)36-55(52)53)61-56-21-11-9-17-48(56)49-18-10-12-22-57(49)61/h2-36H,1H3. The van der Waals surface area contributed by atoms with Crippen LogP contribution in [0.2, 0.25) is 0 Å². The number of anilines is 3. The average molecular weight is 775 g/mol. The predicted molar refractivity (Wildman–Crippen MR) is 260 cm³/mol. The molecule has 0 spiro atoms. The number of hydrogen-bond acceptors (Lipinski definition) is 1. The maximum absolute atomic E-state index is 2.49. The Hall–Kier alpha value is -7.94. The number of benzene rings is 11. The molecular weight excluding hydrogens is 737 g/mol. The second kappa shape index (κ2) is 13.0. The molecule has 61 heavy (non-hydrogen) atoms. The van der Waals surface area contributed by atoms with Crippen LogP contribution in [0.25, 0.3) is 104 Å². The molecule has 0 fully saturated rings. The molecule has 284 valence electrons. The number of aromatic nitrogens is 1. The van der Waals surface area contributed by atoms with Gasteiger partial charge in [-0.3, -0.25) is 0 Å². The van der Waals surface area contributed by atoms with Gasteiger partial charge < -0.3 is 9.47 Å². The van der Waals surface area contributed by atoms with Crippen molar-refractivity contribution in [2.75, 3.05) is 4.90 Å². The normalized spacial score (nSPS) is 12.0. The largest absolute Gasteiger partial charge is 0.309 e. The predicted octanol–water partition coefficient (Wildman–Crippen LogP) is 16.5. The second-order valence-electron chi connectivity index (χ2n) is 16.6. The third-order valence-corrected chi connectivity index (χ3v) is 13.1. The Bertz CT molecular complexity index is 3710. The van der Waals surface area contributed by atoms with Crippen molar-refractivity contribution in [1.29, 1.82) is 0 Å². The van der Waals surface area contributed by atoms with E-state index in [1.807, 2.05) is 0 Å². The molecule has 2 heteroatoms. The van der Waals surface area contributed by atoms with Crippen LogP contribution in [-0.4, -0.2) is 4.57 Å². The second-order valence-corrected chi connectivity index (χ2v) is 16.6. The minimum Gasteiger partial charge on any atom is -0.309 e. The summed E-state index contributed by atoms with van der Waals surface area (Å²) in [6.07, 6.45) is 0. The van der Waals surface area contributed by atoms with Gasteiger partial charge in [0.25, 0.3) is 0 Å². The lowest BCUT2D eigenvalue weighted by Gasteiger charge is -2.31. The molecule has 0 saturated carbocycles. The molecule has 1 aromatic heterocycles. The van der Waals surface area contributed by atoms with Crippen molar-refractivity contribution in [2.45, 2.75) is 6.92 Å². The maximum atomic E-state index is 2.49. The Kier molecular flexibility index (Phi) is 7.26. The van der Waals surface area contributed by atoms with Crippen LogP contribution in [0, 0.1) is 6.92 Å². The summed E-state index contributed by atoms with van der Waals surface area (Å²) in [5.41, 5.74) is 16.0. The van der Waals surface area contributed by atoms with Gasteiger partial charge in [-0.25, -0.2) is 0 Å². The van der Waals surface area contributed by atoms with Gasteiger partial charge in [0.15, 0.2) is 0 Å². The quantitative estimate of drug-likeness (QED) is 0.158. The van der Waals surface area contributed by atoms with Crippen LogP contribution < -0.4 is 4.90 Å². The van der Waals surface area contributed by atoms with Crippen molar-refractivity contribution in [3.63, 3.8) is 0 Å². The van der Waals surface area contributed by atoms with Crippen molar-refractivity contribution in [2.24, 2.45) is 0 Å². The summed E-state index contributed by atoms with van der Waals surface area (Å²) < 4.78 is 2.41. The van der Waals surface area contributed by atoms with Crippen molar-refractivity contribution >= 4 is 82.0 Å². The van der Waals surface area contributed by atoms with Gasteiger partial charge >= 0.3 is 0 Å². The van der Waals surface area contributed by atoms with Gasteiger partial charge in [-0.1, -0.05) is 145 Å². The molecular formula is C59H38N2. The molecule has 0 N–H and O–H groups in total. The molecule has 11 aromatic carbocycles. The zero-order valence-electron chi connectivity index (χ0n) is 33.6. The molecule has 0 unspecified atom stereocenters. The zero-order valence-corrected chi connectivity index (χ0v) is 33.6. The van der Waals surface area contributed by atoms with Crippen LogP contribution >= 0.6 is 0 Å². The molecule has 0 aliphatic heterocycles. The lowest BCUT2D eigenvalue weighted by Crippen LogP contribution is -2.12. The van der Waals surface area contributed by atoms with E-state index < -0.39 is 0 Å². The van der Waals surface area contributed by atoms with Gasteiger partial charge in [0, 0.05) is 38.8 Å². The fourth-order valence-electron chi connectivity index (χ4n) is 10.2. The third kappa shape index (κ3) is 5.09. The Balaban J connectivity index is 0.976. The molecule has 1 aliphatic carbocycles. The van der Waals surface area contributed by atoms with E-state index in [0.717, 1.165) is 11.4 Å². The fraction of sp³-hybridized carbons (Fsp3) is 0.0169. The van der Waals surface area contributed by atoms with E-state index >= 15 is 0 Å². The van der Waals surface area contributed by atoms with E-state index in [9.17, 15) is 0 Å². The van der Waals surface area contributed by atoms with E-state index in [1.165, 1.54) is 115 Å².